The van der Waals surface area contributed by atoms with Gasteiger partial charge in [0, 0.05) is 37.4 Å². The summed E-state index contributed by atoms with van der Waals surface area (Å²) in [4.78, 5) is 46.9. The highest BCUT2D eigenvalue weighted by Crippen LogP contribution is 2.37. The standard InChI is InChI=1S/C22H29N5O3/c1-13(2)20(28)25-10-8-16-15(12-25)22(30)27-19(23-16)11-17(24-27)18-5-3-4-9-26(18)21(29)14-6-7-14/h11,13-14,18,24H,3-10,12H2,1-2H3/t18-/m0/s1. The molecule has 30 heavy (non-hydrogen) atoms. The van der Waals surface area contributed by atoms with Gasteiger partial charge < -0.3 is 9.80 Å². The monoisotopic (exact) mass is 411 g/mol. The third kappa shape index (κ3) is 3.22. The zero-order valence-electron chi connectivity index (χ0n) is 17.7. The molecule has 1 saturated heterocycles. The summed E-state index contributed by atoms with van der Waals surface area (Å²) in [5, 5.41) is 3.24. The van der Waals surface area contributed by atoms with Crippen LogP contribution in [0, 0.1) is 11.8 Å². The Morgan fingerprint density at radius 3 is 2.70 bits per heavy atom. The average Bonchev–Trinajstić information content (AvgIpc) is 3.52. The predicted octanol–water partition coefficient (Wildman–Crippen LogP) is 2.03. The van der Waals surface area contributed by atoms with Crippen LogP contribution in [0.2, 0.25) is 0 Å². The van der Waals surface area contributed by atoms with E-state index in [1.807, 2.05) is 24.8 Å². The third-order valence-corrected chi connectivity index (χ3v) is 6.66. The molecule has 2 aromatic rings. The van der Waals surface area contributed by atoms with Crippen molar-refractivity contribution in [2.75, 3.05) is 13.1 Å². The van der Waals surface area contributed by atoms with Gasteiger partial charge in [-0.05, 0) is 32.1 Å². The molecule has 1 atom stereocenters. The number of hydrogen-bond acceptors (Lipinski definition) is 4. The van der Waals surface area contributed by atoms with Crippen molar-refractivity contribution in [1.82, 2.24) is 24.4 Å². The van der Waals surface area contributed by atoms with Crippen LogP contribution in [0.25, 0.3) is 5.65 Å². The molecule has 0 unspecified atom stereocenters. The maximum atomic E-state index is 13.2. The van der Waals surface area contributed by atoms with Crippen LogP contribution in [0.3, 0.4) is 0 Å². The first-order valence-corrected chi connectivity index (χ1v) is 11.2. The number of rotatable bonds is 3. The Kier molecular flexibility index (Phi) is 4.67. The Balaban J connectivity index is 1.49. The fraction of sp³-hybridized carbons (Fsp3) is 0.636. The highest BCUT2D eigenvalue weighted by Gasteiger charge is 2.38. The fourth-order valence-corrected chi connectivity index (χ4v) is 4.81. The van der Waals surface area contributed by atoms with Gasteiger partial charge in [-0.25, -0.2) is 9.50 Å². The molecule has 1 N–H and O–H groups in total. The van der Waals surface area contributed by atoms with Crippen LogP contribution in [-0.2, 0) is 22.6 Å². The Hall–Kier alpha value is -2.64. The molecule has 1 saturated carbocycles. The molecular formula is C22H29N5O3. The van der Waals surface area contributed by atoms with E-state index < -0.39 is 0 Å². The quantitative estimate of drug-likeness (QED) is 0.837. The first-order valence-electron chi connectivity index (χ1n) is 11.2. The summed E-state index contributed by atoms with van der Waals surface area (Å²) < 4.78 is 1.49. The molecule has 0 bridgehead atoms. The molecule has 4 heterocycles. The van der Waals surface area contributed by atoms with Crippen molar-refractivity contribution in [2.45, 2.75) is 65.0 Å². The van der Waals surface area contributed by atoms with Crippen molar-refractivity contribution in [3.8, 4) is 0 Å². The van der Waals surface area contributed by atoms with E-state index in [1.165, 1.54) is 4.52 Å². The van der Waals surface area contributed by atoms with Crippen LogP contribution in [0.15, 0.2) is 10.9 Å². The molecule has 3 aliphatic rings. The predicted molar refractivity (Wildman–Crippen MR) is 111 cm³/mol. The number of fused-ring (bicyclic) bond motifs is 2. The Labute approximate surface area is 175 Å². The smallest absolute Gasteiger partial charge is 0.277 e. The summed E-state index contributed by atoms with van der Waals surface area (Å²) in [6.07, 6.45) is 5.58. The molecule has 2 aromatic heterocycles. The highest BCUT2D eigenvalue weighted by molar-refractivity contribution is 5.81. The lowest BCUT2D eigenvalue weighted by Crippen LogP contribution is -2.42. The molecule has 5 rings (SSSR count). The van der Waals surface area contributed by atoms with Crippen LogP contribution in [0.1, 0.15) is 68.9 Å². The van der Waals surface area contributed by atoms with Gasteiger partial charge in [-0.1, -0.05) is 13.8 Å². The third-order valence-electron chi connectivity index (χ3n) is 6.66. The molecule has 2 fully saturated rings. The number of hydrogen-bond donors (Lipinski definition) is 1. The van der Waals surface area contributed by atoms with Crippen LogP contribution in [0.5, 0.6) is 0 Å². The number of aromatic nitrogens is 3. The summed E-state index contributed by atoms with van der Waals surface area (Å²) in [5.74, 6) is 0.409. The number of carbonyl (C=O) groups is 2. The van der Waals surface area contributed by atoms with Crippen LogP contribution in [0.4, 0.5) is 0 Å². The maximum Gasteiger partial charge on any atom is 0.277 e. The SMILES string of the molecule is CC(C)C(=O)N1CCc2nc3cc([C@@H]4CCCCN4C(=O)C4CC4)[nH]n3c(=O)c2C1. The van der Waals surface area contributed by atoms with Crippen molar-refractivity contribution in [2.24, 2.45) is 11.8 Å². The van der Waals surface area contributed by atoms with E-state index in [0.29, 0.717) is 30.7 Å². The molecule has 0 aromatic carbocycles. The molecule has 0 spiro atoms. The number of likely N-dealkylation sites (tertiary alicyclic amines) is 1. The van der Waals surface area contributed by atoms with Gasteiger partial charge in [0.25, 0.3) is 5.56 Å². The van der Waals surface area contributed by atoms with Gasteiger partial charge in [-0.2, -0.15) is 0 Å². The van der Waals surface area contributed by atoms with Crippen molar-refractivity contribution < 1.29 is 9.59 Å². The molecule has 1 aliphatic carbocycles. The van der Waals surface area contributed by atoms with E-state index in [-0.39, 0.29) is 35.3 Å². The summed E-state index contributed by atoms with van der Waals surface area (Å²) in [5.41, 5.74) is 2.72. The largest absolute Gasteiger partial charge is 0.337 e. The molecule has 8 nitrogen and oxygen atoms in total. The topological polar surface area (TPSA) is 90.8 Å². The van der Waals surface area contributed by atoms with E-state index in [9.17, 15) is 14.4 Å². The lowest BCUT2D eigenvalue weighted by molar-refractivity contribution is -0.136. The van der Waals surface area contributed by atoms with Crippen molar-refractivity contribution >= 4 is 17.5 Å². The van der Waals surface area contributed by atoms with Gasteiger partial charge in [0.2, 0.25) is 11.8 Å². The van der Waals surface area contributed by atoms with Gasteiger partial charge >= 0.3 is 0 Å². The second kappa shape index (κ2) is 7.25. The van der Waals surface area contributed by atoms with Crippen molar-refractivity contribution in [3.05, 3.63) is 33.4 Å². The van der Waals surface area contributed by atoms with E-state index in [2.05, 4.69) is 5.10 Å². The number of nitrogens with zero attached hydrogens (tertiary/aromatic N) is 4. The number of piperidine rings is 1. The minimum absolute atomic E-state index is 0.0241. The molecular weight excluding hydrogens is 382 g/mol. The van der Waals surface area contributed by atoms with Crippen LogP contribution >= 0.6 is 0 Å². The van der Waals surface area contributed by atoms with Crippen LogP contribution in [-0.4, -0.2) is 49.3 Å². The van der Waals surface area contributed by atoms with Crippen molar-refractivity contribution in [3.63, 3.8) is 0 Å². The highest BCUT2D eigenvalue weighted by atomic mass is 16.2. The summed E-state index contributed by atoms with van der Waals surface area (Å²) in [6.45, 7) is 5.44. The van der Waals surface area contributed by atoms with E-state index in [1.54, 1.807) is 4.90 Å². The number of nitrogens with one attached hydrogen (secondary N) is 1. The summed E-state index contributed by atoms with van der Waals surface area (Å²) >= 11 is 0. The minimum atomic E-state index is -0.140. The fourth-order valence-electron chi connectivity index (χ4n) is 4.81. The van der Waals surface area contributed by atoms with Gasteiger partial charge in [-0.3, -0.25) is 19.5 Å². The number of aromatic amines is 1. The number of amides is 2. The average molecular weight is 412 g/mol. The van der Waals surface area contributed by atoms with Crippen molar-refractivity contribution in [1.29, 1.82) is 0 Å². The van der Waals surface area contributed by atoms with E-state index in [0.717, 1.165) is 50.0 Å². The number of H-pyrrole nitrogens is 1. The first-order chi connectivity index (χ1) is 14.4. The lowest BCUT2D eigenvalue weighted by Gasteiger charge is -2.35. The van der Waals surface area contributed by atoms with Crippen LogP contribution < -0.4 is 5.56 Å². The first kappa shape index (κ1) is 19.3. The van der Waals surface area contributed by atoms with Gasteiger partial charge in [-0.15, -0.1) is 0 Å². The normalized spacial score (nSPS) is 21.9. The molecule has 2 amide bonds. The number of carbonyl (C=O) groups excluding carboxylic acids is 2. The molecule has 0 radical (unpaired) electrons. The summed E-state index contributed by atoms with van der Waals surface area (Å²) in [6, 6.07) is 1.90. The van der Waals surface area contributed by atoms with Gasteiger partial charge in [0.1, 0.15) is 0 Å². The Morgan fingerprint density at radius 1 is 1.17 bits per heavy atom. The second-order valence-corrected chi connectivity index (χ2v) is 9.23. The molecule has 2 aliphatic heterocycles. The van der Waals surface area contributed by atoms with E-state index in [4.69, 9.17) is 4.98 Å². The molecule has 8 heteroatoms. The zero-order valence-corrected chi connectivity index (χ0v) is 17.7. The second-order valence-electron chi connectivity index (χ2n) is 9.23. The van der Waals surface area contributed by atoms with Gasteiger partial charge in [0.05, 0.1) is 29.5 Å². The van der Waals surface area contributed by atoms with E-state index >= 15 is 0 Å². The Bertz CT molecular complexity index is 1060. The molecule has 160 valence electrons. The minimum Gasteiger partial charge on any atom is -0.337 e. The van der Waals surface area contributed by atoms with Gasteiger partial charge in [0.15, 0.2) is 5.65 Å². The lowest BCUT2D eigenvalue weighted by atomic mass is 9.98. The summed E-state index contributed by atoms with van der Waals surface area (Å²) in [7, 11) is 0. The maximum absolute atomic E-state index is 13.2. The zero-order chi connectivity index (χ0) is 21.0. The Morgan fingerprint density at radius 2 is 1.97 bits per heavy atom.